The van der Waals surface area contributed by atoms with Gasteiger partial charge in [-0.25, -0.2) is 0 Å². The van der Waals surface area contributed by atoms with Gasteiger partial charge in [0.25, 0.3) is 0 Å². The van der Waals surface area contributed by atoms with Crippen LogP contribution in [-0.4, -0.2) is 11.1 Å². The topological polar surface area (TPSA) is 52.0 Å². The molecule has 0 atom stereocenters. The molecule has 0 aromatic heterocycles. The summed E-state index contributed by atoms with van der Waals surface area (Å²) in [5.74, 6) is 0. The predicted octanol–water partition coefficient (Wildman–Crippen LogP) is 0.849. The third-order valence-corrected chi connectivity index (χ3v) is 0.911. The Kier molecular flexibility index (Phi) is 4.83. The minimum Gasteiger partial charge on any atom is -0.325 e. The van der Waals surface area contributed by atoms with Crippen LogP contribution in [0.4, 0.5) is 0 Å². The van der Waals surface area contributed by atoms with Gasteiger partial charge in [0, 0.05) is 27.6 Å². The van der Waals surface area contributed by atoms with Crippen LogP contribution in [0.5, 0.6) is 0 Å². The normalized spacial score (nSPS) is 12.6. The number of hydrogen-bond donors (Lipinski definition) is 2. The second kappa shape index (κ2) is 3.70. The first-order chi connectivity index (χ1) is 3.71. The summed E-state index contributed by atoms with van der Waals surface area (Å²) in [7, 11) is 0. The van der Waals surface area contributed by atoms with E-state index >= 15 is 0 Å². The van der Waals surface area contributed by atoms with Gasteiger partial charge in [0.1, 0.15) is 0 Å². The Morgan fingerprint density at radius 2 is 1.10 bits per heavy atom. The second-order valence-electron chi connectivity index (χ2n) is 4.15. The van der Waals surface area contributed by atoms with E-state index in [-0.39, 0.29) is 27.6 Å². The van der Waals surface area contributed by atoms with Gasteiger partial charge in [0.2, 0.25) is 0 Å². The van der Waals surface area contributed by atoms with Gasteiger partial charge in [0.15, 0.2) is 0 Å². The van der Waals surface area contributed by atoms with E-state index in [2.05, 4.69) is 0 Å². The van der Waals surface area contributed by atoms with Crippen molar-refractivity contribution in [3.05, 3.63) is 0 Å². The molecule has 10 heavy (non-hydrogen) atoms. The predicted molar refractivity (Wildman–Crippen MR) is 41.1 cm³/mol. The van der Waals surface area contributed by atoms with Crippen molar-refractivity contribution in [2.45, 2.75) is 45.2 Å². The molecule has 0 rings (SSSR count). The first-order valence-electron chi connectivity index (χ1n) is 3.28. The van der Waals surface area contributed by atoms with Crippen molar-refractivity contribution in [3.63, 3.8) is 0 Å². The van der Waals surface area contributed by atoms with Crippen LogP contribution in [0.2, 0.25) is 0 Å². The summed E-state index contributed by atoms with van der Waals surface area (Å²) in [5, 5.41) is 0. The standard InChI is InChI=1S/C7H18N2.Ni/c1-6(2,8)5-7(3,4)9;/h5,8-9H2,1-4H3;. The van der Waals surface area contributed by atoms with Crippen molar-refractivity contribution < 1.29 is 16.5 Å². The molecule has 0 heterocycles. The van der Waals surface area contributed by atoms with Gasteiger partial charge in [0.05, 0.1) is 0 Å². The van der Waals surface area contributed by atoms with E-state index in [1.54, 1.807) is 0 Å². The van der Waals surface area contributed by atoms with Crippen LogP contribution in [0.1, 0.15) is 34.1 Å². The molecule has 3 heteroatoms. The molecular weight excluding hydrogens is 171 g/mol. The Hall–Kier alpha value is 0.414. The van der Waals surface area contributed by atoms with Crippen molar-refractivity contribution in [2.75, 3.05) is 0 Å². The third-order valence-electron chi connectivity index (χ3n) is 0.911. The number of nitrogens with two attached hydrogens (primary N) is 2. The molecule has 66 valence electrons. The van der Waals surface area contributed by atoms with Gasteiger partial charge < -0.3 is 11.5 Å². The molecule has 2 nitrogen and oxygen atoms in total. The summed E-state index contributed by atoms with van der Waals surface area (Å²) in [6.07, 6.45) is 0.847. The molecule has 0 saturated heterocycles. The molecule has 0 aromatic rings. The van der Waals surface area contributed by atoms with Gasteiger partial charge >= 0.3 is 0 Å². The molecule has 0 spiro atoms. The third kappa shape index (κ3) is 11.2. The zero-order valence-electron chi connectivity index (χ0n) is 7.18. The Morgan fingerprint density at radius 3 is 1.10 bits per heavy atom. The molecule has 0 fully saturated rings. The van der Waals surface area contributed by atoms with Crippen LogP contribution in [0, 0.1) is 0 Å². The summed E-state index contributed by atoms with van der Waals surface area (Å²) in [6, 6.07) is 0. The average Bonchev–Trinajstić information content (AvgIpc) is 1.14. The Balaban J connectivity index is 0. The van der Waals surface area contributed by atoms with E-state index in [9.17, 15) is 0 Å². The van der Waals surface area contributed by atoms with Gasteiger partial charge in [-0.1, -0.05) is 0 Å². The van der Waals surface area contributed by atoms with Crippen molar-refractivity contribution >= 4 is 0 Å². The average molecular weight is 189 g/mol. The van der Waals surface area contributed by atoms with Gasteiger partial charge in [-0.15, -0.1) is 0 Å². The zero-order valence-corrected chi connectivity index (χ0v) is 8.17. The van der Waals surface area contributed by atoms with Gasteiger partial charge in [-0.2, -0.15) is 0 Å². The van der Waals surface area contributed by atoms with E-state index in [4.69, 9.17) is 11.5 Å². The summed E-state index contributed by atoms with van der Waals surface area (Å²) < 4.78 is 0. The monoisotopic (exact) mass is 188 g/mol. The fourth-order valence-corrected chi connectivity index (χ4v) is 1.17. The SMILES string of the molecule is CC(C)(N)CC(C)(C)N.[Ni]. The van der Waals surface area contributed by atoms with Crippen molar-refractivity contribution in [1.29, 1.82) is 0 Å². The number of hydrogen-bond acceptors (Lipinski definition) is 2. The van der Waals surface area contributed by atoms with E-state index in [1.165, 1.54) is 0 Å². The summed E-state index contributed by atoms with van der Waals surface area (Å²) in [4.78, 5) is 0. The molecule has 0 radical (unpaired) electrons. The Morgan fingerprint density at radius 1 is 0.900 bits per heavy atom. The van der Waals surface area contributed by atoms with E-state index in [0.717, 1.165) is 6.42 Å². The minimum atomic E-state index is -0.141. The molecule has 4 N–H and O–H groups in total. The summed E-state index contributed by atoms with van der Waals surface area (Å²) in [5.41, 5.74) is 11.2. The van der Waals surface area contributed by atoms with Crippen LogP contribution in [0.15, 0.2) is 0 Å². The van der Waals surface area contributed by atoms with Crippen LogP contribution in [0.3, 0.4) is 0 Å². The van der Waals surface area contributed by atoms with Crippen LogP contribution in [-0.2, 0) is 16.5 Å². The molecule has 0 aliphatic rings. The van der Waals surface area contributed by atoms with Crippen LogP contribution in [0.25, 0.3) is 0 Å². The smallest absolute Gasteiger partial charge is 0.0114 e. The second-order valence-corrected chi connectivity index (χ2v) is 4.15. The fourth-order valence-electron chi connectivity index (χ4n) is 1.17. The van der Waals surface area contributed by atoms with Crippen molar-refractivity contribution in [1.82, 2.24) is 0 Å². The maximum absolute atomic E-state index is 5.74. The summed E-state index contributed by atoms with van der Waals surface area (Å²) >= 11 is 0. The van der Waals surface area contributed by atoms with E-state index in [0.29, 0.717) is 0 Å². The maximum Gasteiger partial charge on any atom is 0.0114 e. The first-order valence-corrected chi connectivity index (χ1v) is 3.28. The Labute approximate surface area is 73.7 Å². The molecule has 0 unspecified atom stereocenters. The first kappa shape index (κ1) is 13.0. The maximum atomic E-state index is 5.74. The Bertz CT molecular complexity index is 76.8. The van der Waals surface area contributed by atoms with Crippen LogP contribution >= 0.6 is 0 Å². The fraction of sp³-hybridized carbons (Fsp3) is 1.00. The van der Waals surface area contributed by atoms with Gasteiger partial charge in [-0.3, -0.25) is 0 Å². The molecule has 0 saturated carbocycles. The molecule has 0 aliphatic heterocycles. The largest absolute Gasteiger partial charge is 0.325 e. The van der Waals surface area contributed by atoms with E-state index in [1.807, 2.05) is 27.7 Å². The zero-order chi connectivity index (χ0) is 7.71. The van der Waals surface area contributed by atoms with Crippen molar-refractivity contribution in [3.8, 4) is 0 Å². The van der Waals surface area contributed by atoms with Crippen molar-refractivity contribution in [2.24, 2.45) is 11.5 Å². The molecule has 0 aromatic carbocycles. The molecule has 0 amide bonds. The molecule has 0 aliphatic carbocycles. The van der Waals surface area contributed by atoms with E-state index < -0.39 is 0 Å². The molecule has 0 bridgehead atoms. The van der Waals surface area contributed by atoms with Gasteiger partial charge in [-0.05, 0) is 34.1 Å². The summed E-state index contributed by atoms with van der Waals surface area (Å²) in [6.45, 7) is 7.95. The number of rotatable bonds is 2. The van der Waals surface area contributed by atoms with Crippen LogP contribution < -0.4 is 11.5 Å². The minimum absolute atomic E-state index is 0. The molecular formula is C7H18N2Ni. The quantitative estimate of drug-likeness (QED) is 0.632.